The minimum Gasteiger partial charge on any atom is -0.362 e. The van der Waals surface area contributed by atoms with E-state index >= 15 is 0 Å². The van der Waals surface area contributed by atoms with E-state index in [0.29, 0.717) is 11.1 Å². The van der Waals surface area contributed by atoms with Crippen molar-refractivity contribution >= 4 is 0 Å². The maximum Gasteiger partial charge on any atom is 0.303 e. The third-order valence-corrected chi connectivity index (χ3v) is 4.41. The fraction of sp³-hybridized carbons (Fsp3) is 0.143. The zero-order chi connectivity index (χ0) is 16.6. The number of hydrogen-bond acceptors (Lipinski definition) is 1. The molecule has 1 unspecified atom stereocenters. The Morgan fingerprint density at radius 2 is 1.46 bits per heavy atom. The van der Waals surface area contributed by atoms with Crippen LogP contribution < -0.4 is 0 Å². The number of fused-ring (bicyclic) bond motifs is 1. The first-order chi connectivity index (χ1) is 11.7. The summed E-state index contributed by atoms with van der Waals surface area (Å²) in [5, 5.41) is 0. The van der Waals surface area contributed by atoms with Gasteiger partial charge in [0, 0.05) is 5.56 Å². The summed E-state index contributed by atoms with van der Waals surface area (Å²) in [7, 11) is 0. The van der Waals surface area contributed by atoms with Gasteiger partial charge in [-0.25, -0.2) is 0 Å². The van der Waals surface area contributed by atoms with Crippen LogP contribution in [-0.4, -0.2) is 0 Å². The summed E-state index contributed by atoms with van der Waals surface area (Å²) < 4.78 is 35.5. The Labute approximate surface area is 139 Å². The Bertz CT molecular complexity index is 844. The molecule has 120 valence electrons. The van der Waals surface area contributed by atoms with Crippen molar-refractivity contribution in [1.82, 2.24) is 0 Å². The molecule has 1 aliphatic heterocycles. The summed E-state index contributed by atoms with van der Waals surface area (Å²) in [6.45, 7) is 0.186. The molecule has 1 aliphatic rings. The third kappa shape index (κ3) is 2.51. The van der Waals surface area contributed by atoms with Gasteiger partial charge in [0.2, 0.25) is 0 Å². The molecular weight excluding hydrogens is 306 g/mol. The number of rotatable bonds is 2. The zero-order valence-electron chi connectivity index (χ0n) is 13.0. The van der Waals surface area contributed by atoms with Crippen LogP contribution in [0.4, 0.5) is 8.78 Å². The summed E-state index contributed by atoms with van der Waals surface area (Å²) in [5.41, 5.74) is 3.04. The molecule has 24 heavy (non-hydrogen) atoms. The van der Waals surface area contributed by atoms with Crippen molar-refractivity contribution in [3.63, 3.8) is 0 Å². The minimum atomic E-state index is -3.05. The number of halogens is 2. The predicted molar refractivity (Wildman–Crippen MR) is 89.7 cm³/mol. The molecule has 1 nitrogen and oxygen atoms in total. The zero-order valence-corrected chi connectivity index (χ0v) is 13.0. The minimum absolute atomic E-state index is 0.0577. The fourth-order valence-corrected chi connectivity index (χ4v) is 3.20. The molecule has 0 saturated heterocycles. The smallest absolute Gasteiger partial charge is 0.303 e. The van der Waals surface area contributed by atoms with Gasteiger partial charge in [0.1, 0.15) is 0 Å². The molecule has 1 atom stereocenters. The van der Waals surface area contributed by atoms with Crippen LogP contribution in [0.25, 0.3) is 11.1 Å². The molecule has 4 rings (SSSR count). The SMILES string of the molecule is FC1(F)c2ccc(-c3ccccc3)cc2COC1c1ccccc1. The van der Waals surface area contributed by atoms with E-state index in [9.17, 15) is 8.78 Å². The quantitative estimate of drug-likeness (QED) is 0.586. The third-order valence-electron chi connectivity index (χ3n) is 4.41. The average molecular weight is 322 g/mol. The van der Waals surface area contributed by atoms with Crippen LogP contribution in [0, 0.1) is 0 Å². The number of ether oxygens (including phenoxy) is 1. The van der Waals surface area contributed by atoms with E-state index in [0.717, 1.165) is 11.1 Å². The monoisotopic (exact) mass is 322 g/mol. The first-order valence-electron chi connectivity index (χ1n) is 7.89. The summed E-state index contributed by atoms with van der Waals surface area (Å²) in [6.07, 6.45) is -1.24. The number of alkyl halides is 2. The second kappa shape index (κ2) is 5.84. The molecule has 0 saturated carbocycles. The van der Waals surface area contributed by atoms with Crippen molar-refractivity contribution in [3.8, 4) is 11.1 Å². The Hall–Kier alpha value is -2.52. The summed E-state index contributed by atoms with van der Waals surface area (Å²) in [4.78, 5) is 0. The van der Waals surface area contributed by atoms with E-state index in [1.54, 1.807) is 36.4 Å². The van der Waals surface area contributed by atoms with Gasteiger partial charge in [-0.1, -0.05) is 72.8 Å². The fourth-order valence-electron chi connectivity index (χ4n) is 3.20. The normalized spacial score (nSPS) is 18.8. The highest BCUT2D eigenvalue weighted by Gasteiger charge is 2.47. The van der Waals surface area contributed by atoms with Gasteiger partial charge in [0.25, 0.3) is 0 Å². The standard InChI is InChI=1S/C21H16F2O/c22-21(23)19-12-11-17(15-7-3-1-4-8-15)13-18(19)14-24-20(21)16-9-5-2-6-10-16/h1-13,20H,14H2. The van der Waals surface area contributed by atoms with Crippen molar-refractivity contribution in [1.29, 1.82) is 0 Å². The van der Waals surface area contributed by atoms with E-state index in [4.69, 9.17) is 4.74 Å². The van der Waals surface area contributed by atoms with Gasteiger partial charge < -0.3 is 4.74 Å². The van der Waals surface area contributed by atoms with Gasteiger partial charge in [-0.05, 0) is 28.3 Å². The van der Waals surface area contributed by atoms with Crippen LogP contribution in [0.5, 0.6) is 0 Å². The van der Waals surface area contributed by atoms with Crippen molar-refractivity contribution in [2.24, 2.45) is 0 Å². The topological polar surface area (TPSA) is 9.23 Å². The van der Waals surface area contributed by atoms with Crippen molar-refractivity contribution in [2.45, 2.75) is 18.6 Å². The summed E-state index contributed by atoms with van der Waals surface area (Å²) in [6, 6.07) is 23.5. The van der Waals surface area contributed by atoms with Gasteiger partial charge in [-0.2, -0.15) is 8.78 Å². The largest absolute Gasteiger partial charge is 0.362 e. The Morgan fingerprint density at radius 3 is 2.17 bits per heavy atom. The second-order valence-corrected chi connectivity index (χ2v) is 5.96. The molecule has 3 heteroatoms. The number of hydrogen-bond donors (Lipinski definition) is 0. The molecule has 0 radical (unpaired) electrons. The van der Waals surface area contributed by atoms with Crippen molar-refractivity contribution in [2.75, 3.05) is 0 Å². The molecule has 0 fully saturated rings. The van der Waals surface area contributed by atoms with Gasteiger partial charge >= 0.3 is 5.92 Å². The highest BCUT2D eigenvalue weighted by molar-refractivity contribution is 5.65. The van der Waals surface area contributed by atoms with Crippen molar-refractivity contribution in [3.05, 3.63) is 95.6 Å². The van der Waals surface area contributed by atoms with E-state index in [2.05, 4.69) is 0 Å². The molecular formula is C21H16F2O. The van der Waals surface area contributed by atoms with E-state index < -0.39 is 12.0 Å². The maximum absolute atomic E-state index is 15.0. The molecule has 3 aromatic rings. The molecule has 0 aromatic heterocycles. The van der Waals surface area contributed by atoms with E-state index in [-0.39, 0.29) is 12.2 Å². The molecule has 0 spiro atoms. The average Bonchev–Trinajstić information content (AvgIpc) is 2.63. The van der Waals surface area contributed by atoms with Crippen LogP contribution in [0.15, 0.2) is 78.9 Å². The Kier molecular flexibility index (Phi) is 3.66. The highest BCUT2D eigenvalue weighted by Crippen LogP contribution is 2.48. The molecule has 0 amide bonds. The number of benzene rings is 3. The van der Waals surface area contributed by atoms with Crippen LogP contribution in [0.1, 0.15) is 22.8 Å². The Morgan fingerprint density at radius 1 is 0.792 bits per heavy atom. The first kappa shape index (κ1) is 15.0. The summed E-state index contributed by atoms with van der Waals surface area (Å²) in [5.74, 6) is -3.05. The van der Waals surface area contributed by atoms with Crippen molar-refractivity contribution < 1.29 is 13.5 Å². The van der Waals surface area contributed by atoms with Crippen LogP contribution in [0.2, 0.25) is 0 Å². The van der Waals surface area contributed by atoms with Gasteiger partial charge in [-0.15, -0.1) is 0 Å². The van der Waals surface area contributed by atoms with Gasteiger partial charge in [-0.3, -0.25) is 0 Å². The lowest BCUT2D eigenvalue weighted by atomic mass is 9.89. The molecule has 0 N–H and O–H groups in total. The van der Waals surface area contributed by atoms with Crippen LogP contribution >= 0.6 is 0 Å². The summed E-state index contributed by atoms with van der Waals surface area (Å²) >= 11 is 0. The van der Waals surface area contributed by atoms with Gasteiger partial charge in [0.15, 0.2) is 6.10 Å². The highest BCUT2D eigenvalue weighted by atomic mass is 19.3. The van der Waals surface area contributed by atoms with Crippen LogP contribution in [-0.2, 0) is 17.3 Å². The van der Waals surface area contributed by atoms with E-state index in [1.807, 2.05) is 36.4 Å². The van der Waals surface area contributed by atoms with Gasteiger partial charge in [0.05, 0.1) is 6.61 Å². The second-order valence-electron chi connectivity index (χ2n) is 5.96. The predicted octanol–water partition coefficient (Wildman–Crippen LogP) is 5.72. The molecule has 0 bridgehead atoms. The van der Waals surface area contributed by atoms with E-state index in [1.165, 1.54) is 6.07 Å². The molecule has 3 aromatic carbocycles. The lowest BCUT2D eigenvalue weighted by molar-refractivity contribution is -0.167. The Balaban J connectivity index is 1.74. The lowest BCUT2D eigenvalue weighted by Crippen LogP contribution is -2.31. The molecule has 1 heterocycles. The lowest BCUT2D eigenvalue weighted by Gasteiger charge is -2.34. The first-order valence-corrected chi connectivity index (χ1v) is 7.89. The molecule has 0 aliphatic carbocycles. The van der Waals surface area contributed by atoms with Crippen LogP contribution in [0.3, 0.4) is 0 Å². The maximum atomic E-state index is 15.0.